The lowest BCUT2D eigenvalue weighted by Gasteiger charge is -2.36. The van der Waals surface area contributed by atoms with E-state index in [0.717, 1.165) is 0 Å². The molecule has 222 valence electrons. The van der Waals surface area contributed by atoms with E-state index in [-0.39, 0.29) is 34.6 Å². The van der Waals surface area contributed by atoms with Gasteiger partial charge in [0.1, 0.15) is 0 Å². The highest BCUT2D eigenvalue weighted by molar-refractivity contribution is 6.07. The minimum absolute atomic E-state index is 0.00917. The number of hydrogen-bond donors (Lipinski definition) is 1. The van der Waals surface area contributed by atoms with E-state index in [1.54, 1.807) is 78.7 Å². The number of nitrogens with one attached hydrogen (secondary N) is 1. The van der Waals surface area contributed by atoms with Crippen LogP contribution in [0.1, 0.15) is 41.5 Å². The van der Waals surface area contributed by atoms with Crippen LogP contribution >= 0.6 is 0 Å². The highest BCUT2D eigenvalue weighted by atomic mass is 19.1. The normalized spacial score (nSPS) is 13.5. The summed E-state index contributed by atoms with van der Waals surface area (Å²) in [7, 11) is 1.56. The number of halogens is 1. The predicted molar refractivity (Wildman–Crippen MR) is 164 cm³/mol. The number of carbonyl (C=O) groups excluding carboxylic acids is 2. The first-order valence-electron chi connectivity index (χ1n) is 14.0. The summed E-state index contributed by atoms with van der Waals surface area (Å²) in [5, 5.41) is 3.01. The topological polar surface area (TPSA) is 96.8 Å². The second-order valence-corrected chi connectivity index (χ2v) is 11.3. The van der Waals surface area contributed by atoms with Gasteiger partial charge in [0.2, 0.25) is 0 Å². The molecule has 1 N–H and O–H groups in total. The summed E-state index contributed by atoms with van der Waals surface area (Å²) in [5.74, 6) is -1.07. The van der Waals surface area contributed by atoms with E-state index in [4.69, 9.17) is 4.74 Å². The summed E-state index contributed by atoms with van der Waals surface area (Å²) in [5.41, 5.74) is 0.796. The van der Waals surface area contributed by atoms with Crippen LogP contribution in [-0.4, -0.2) is 58.1 Å². The summed E-state index contributed by atoms with van der Waals surface area (Å²) in [6.45, 7) is 7.62. The van der Waals surface area contributed by atoms with Crippen molar-refractivity contribution in [3.8, 4) is 11.3 Å². The average molecular weight is 584 g/mol. The highest BCUT2D eigenvalue weighted by Gasteiger charge is 2.32. The zero-order chi connectivity index (χ0) is 30.7. The Bertz CT molecular complexity index is 1690. The van der Waals surface area contributed by atoms with Gasteiger partial charge < -0.3 is 24.4 Å². The average Bonchev–Trinajstić information content (AvgIpc) is 3.00. The quantitative estimate of drug-likeness (QED) is 0.333. The molecule has 2 heterocycles. The molecule has 1 aromatic heterocycles. The summed E-state index contributed by atoms with van der Waals surface area (Å²) in [6.07, 6.45) is 1.46. The minimum atomic E-state index is -0.745. The van der Waals surface area contributed by atoms with Gasteiger partial charge in [-0.15, -0.1) is 0 Å². The molecule has 0 saturated carbocycles. The smallest absolute Gasteiger partial charge is 0.293 e. The van der Waals surface area contributed by atoms with Crippen LogP contribution in [0.25, 0.3) is 11.3 Å². The number of benzene rings is 3. The lowest BCUT2D eigenvalue weighted by Crippen LogP contribution is -2.46. The van der Waals surface area contributed by atoms with Crippen LogP contribution in [0.2, 0.25) is 0 Å². The van der Waals surface area contributed by atoms with E-state index in [1.165, 1.54) is 15.7 Å². The maximum atomic E-state index is 16.3. The van der Waals surface area contributed by atoms with Gasteiger partial charge in [0, 0.05) is 54.3 Å². The largest absolute Gasteiger partial charge is 0.378 e. The third-order valence-corrected chi connectivity index (χ3v) is 7.15. The number of aryl methyl sites for hydroxylation is 1. The fourth-order valence-electron chi connectivity index (χ4n) is 4.97. The Morgan fingerprint density at radius 1 is 0.930 bits per heavy atom. The van der Waals surface area contributed by atoms with E-state index in [9.17, 15) is 14.4 Å². The fraction of sp³-hybridized carbons (Fsp3) is 0.273. The lowest BCUT2D eigenvalue weighted by molar-refractivity contribution is 0.0303. The van der Waals surface area contributed by atoms with Crippen molar-refractivity contribution in [1.29, 1.82) is 0 Å². The zero-order valence-corrected chi connectivity index (χ0v) is 24.6. The molecule has 0 atom stereocenters. The molecule has 9 nitrogen and oxygen atoms in total. The van der Waals surface area contributed by atoms with Gasteiger partial charge in [-0.2, -0.15) is 0 Å². The molecule has 0 spiro atoms. The first-order valence-corrected chi connectivity index (χ1v) is 14.0. The van der Waals surface area contributed by atoms with Crippen molar-refractivity contribution in [1.82, 2.24) is 14.5 Å². The molecule has 10 heteroatoms. The number of amides is 2. The molecule has 0 bridgehead atoms. The summed E-state index contributed by atoms with van der Waals surface area (Å²) in [6, 6.07) is 20.3. The molecule has 0 aliphatic carbocycles. The Morgan fingerprint density at radius 2 is 1.60 bits per heavy atom. The minimum Gasteiger partial charge on any atom is -0.378 e. The molecule has 2 amide bonds. The van der Waals surface area contributed by atoms with E-state index >= 15 is 4.39 Å². The monoisotopic (exact) mass is 583 g/mol. The molecule has 5 rings (SSSR count). The van der Waals surface area contributed by atoms with Gasteiger partial charge in [-0.25, -0.2) is 9.37 Å². The van der Waals surface area contributed by atoms with Crippen LogP contribution in [0.3, 0.4) is 0 Å². The Hall–Kier alpha value is -4.83. The van der Waals surface area contributed by atoms with Crippen LogP contribution in [-0.2, 0) is 11.8 Å². The number of nitrogens with zero attached hydrogens (tertiary/aromatic N) is 4. The van der Waals surface area contributed by atoms with E-state index in [0.29, 0.717) is 43.1 Å². The first kappa shape index (κ1) is 29.7. The molecule has 1 fully saturated rings. The van der Waals surface area contributed by atoms with Gasteiger partial charge in [-0.1, -0.05) is 24.3 Å². The van der Waals surface area contributed by atoms with Crippen molar-refractivity contribution < 1.29 is 18.7 Å². The van der Waals surface area contributed by atoms with E-state index in [2.05, 4.69) is 10.3 Å². The standard InChI is InChI=1S/C33H34FN5O4/c1-33(2,3)39(31(41)22-9-6-5-7-10-22)27-12-8-11-25(28(27)34)26-21-37(4)32(42)29(36-26)35-24-15-13-23(14-16-24)30(40)38-17-19-43-20-18-38/h5-16,21H,17-20H2,1-4H3,(H,35,36). The van der Waals surface area contributed by atoms with Gasteiger partial charge in [0.05, 0.1) is 24.6 Å². The van der Waals surface area contributed by atoms with Gasteiger partial charge in [-0.3, -0.25) is 14.4 Å². The van der Waals surface area contributed by atoms with Gasteiger partial charge in [-0.05, 0) is 69.3 Å². The first-order chi connectivity index (χ1) is 20.5. The second-order valence-electron chi connectivity index (χ2n) is 11.3. The fourth-order valence-corrected chi connectivity index (χ4v) is 4.97. The Kier molecular flexibility index (Phi) is 8.40. The third-order valence-electron chi connectivity index (χ3n) is 7.15. The molecule has 3 aromatic carbocycles. The van der Waals surface area contributed by atoms with Crippen molar-refractivity contribution in [2.45, 2.75) is 26.3 Å². The third kappa shape index (κ3) is 6.34. The number of ether oxygens (including phenoxy) is 1. The van der Waals surface area contributed by atoms with Gasteiger partial charge in [0.15, 0.2) is 11.6 Å². The van der Waals surface area contributed by atoms with Crippen LogP contribution in [0.4, 0.5) is 21.6 Å². The lowest BCUT2D eigenvalue weighted by atomic mass is 10.0. The number of hydrogen-bond acceptors (Lipinski definition) is 6. The summed E-state index contributed by atoms with van der Waals surface area (Å²) < 4.78 is 22.9. The maximum Gasteiger partial charge on any atom is 0.293 e. The number of anilines is 3. The molecule has 43 heavy (non-hydrogen) atoms. The van der Waals surface area contributed by atoms with Crippen LogP contribution < -0.4 is 15.8 Å². The van der Waals surface area contributed by atoms with Crippen LogP contribution in [0.15, 0.2) is 83.8 Å². The molecule has 0 radical (unpaired) electrons. The SMILES string of the molecule is Cn1cc(-c2cccc(N(C(=O)c3ccccc3)C(C)(C)C)c2F)nc(Nc2ccc(C(=O)N3CCOCC3)cc2)c1=O. The van der Waals surface area contributed by atoms with E-state index in [1.807, 2.05) is 26.8 Å². The highest BCUT2D eigenvalue weighted by Crippen LogP contribution is 2.34. The van der Waals surface area contributed by atoms with E-state index < -0.39 is 16.9 Å². The molecular formula is C33H34FN5O4. The molecule has 0 unspecified atom stereocenters. The van der Waals surface area contributed by atoms with Gasteiger partial charge >= 0.3 is 0 Å². The Morgan fingerprint density at radius 3 is 2.26 bits per heavy atom. The van der Waals surface area contributed by atoms with Crippen LogP contribution in [0, 0.1) is 5.82 Å². The predicted octanol–water partition coefficient (Wildman–Crippen LogP) is 5.25. The van der Waals surface area contributed by atoms with Gasteiger partial charge in [0.25, 0.3) is 17.4 Å². The van der Waals surface area contributed by atoms with Crippen LogP contribution in [0.5, 0.6) is 0 Å². The molecule has 1 aliphatic heterocycles. The Labute approximate surface area is 249 Å². The number of morpholine rings is 1. The van der Waals surface area contributed by atoms with Crippen molar-refractivity contribution in [3.05, 3.63) is 106 Å². The molecule has 1 aliphatic rings. The molecule has 1 saturated heterocycles. The van der Waals surface area contributed by atoms with Crippen molar-refractivity contribution in [2.75, 3.05) is 36.5 Å². The Balaban J connectivity index is 1.46. The van der Waals surface area contributed by atoms with Crippen molar-refractivity contribution >= 4 is 29.0 Å². The maximum absolute atomic E-state index is 16.3. The number of rotatable bonds is 6. The molecule has 4 aromatic rings. The summed E-state index contributed by atoms with van der Waals surface area (Å²) in [4.78, 5) is 47.0. The van der Waals surface area contributed by atoms with Crippen molar-refractivity contribution in [3.63, 3.8) is 0 Å². The summed E-state index contributed by atoms with van der Waals surface area (Å²) >= 11 is 0. The zero-order valence-electron chi connectivity index (χ0n) is 24.6. The molecular weight excluding hydrogens is 549 g/mol. The number of carbonyl (C=O) groups is 2. The number of aromatic nitrogens is 2. The van der Waals surface area contributed by atoms with Crippen molar-refractivity contribution in [2.24, 2.45) is 7.05 Å². The second kappa shape index (κ2) is 12.2.